The third-order valence-electron chi connectivity index (χ3n) is 9.88. The van der Waals surface area contributed by atoms with Gasteiger partial charge in [0.05, 0.1) is 28.6 Å². The highest BCUT2D eigenvalue weighted by molar-refractivity contribution is 6.35. The Morgan fingerprint density at radius 3 is 2.25 bits per heavy atom. The summed E-state index contributed by atoms with van der Waals surface area (Å²) in [7, 11) is 0. The molecule has 4 aromatic carbocycles. The van der Waals surface area contributed by atoms with Gasteiger partial charge in [0.15, 0.2) is 11.6 Å². The lowest BCUT2D eigenvalue weighted by Gasteiger charge is -2.40. The third-order valence-corrected chi connectivity index (χ3v) is 10.2. The molecule has 8 nitrogen and oxygen atoms in total. The number of hydrogen-bond acceptors (Lipinski definition) is 6. The van der Waals surface area contributed by atoms with Crippen molar-refractivity contribution in [1.82, 2.24) is 14.5 Å². The average molecular weight is 707 g/mol. The Kier molecular flexibility index (Phi) is 9.42. The molecule has 1 saturated heterocycles. The molecule has 0 unspecified atom stereocenters. The minimum absolute atomic E-state index is 0.0111. The van der Waals surface area contributed by atoms with Gasteiger partial charge in [0.25, 0.3) is 5.56 Å². The molecule has 0 bridgehead atoms. The van der Waals surface area contributed by atoms with Crippen LogP contribution in [-0.4, -0.2) is 44.9 Å². The number of piperidine rings is 1. The number of rotatable bonds is 6. The van der Waals surface area contributed by atoms with Gasteiger partial charge in [0.1, 0.15) is 16.4 Å². The molecule has 7 rings (SSSR count). The normalized spacial score (nSPS) is 17.0. The second-order valence-electron chi connectivity index (χ2n) is 14.5. The number of amides is 1. The van der Waals surface area contributed by atoms with E-state index in [-0.39, 0.29) is 39.6 Å². The van der Waals surface area contributed by atoms with Gasteiger partial charge in [-0.05, 0) is 88.6 Å². The van der Waals surface area contributed by atoms with Gasteiger partial charge >= 0.3 is 6.09 Å². The SMILES string of the molecule is CC(C)(C)OC(=O)N1CCC2(CC[C@H](n3cnc4ccc(Oc5c(F)ccc(N=C(c6ccccc6)c6ccccc6)c5Cl)cc4c3=O)C2)CC1. The van der Waals surface area contributed by atoms with Crippen molar-refractivity contribution in [3.8, 4) is 11.5 Å². The Balaban J connectivity index is 1.13. The Hall–Kier alpha value is -5.02. The maximum atomic E-state index is 15.3. The molecule has 2 aliphatic rings. The van der Waals surface area contributed by atoms with Crippen LogP contribution in [0.1, 0.15) is 70.0 Å². The number of aromatic nitrogens is 2. The quantitative estimate of drug-likeness (QED) is 0.164. The molecule has 5 aromatic rings. The smallest absolute Gasteiger partial charge is 0.410 e. The first-order valence-corrected chi connectivity index (χ1v) is 17.7. The highest BCUT2D eigenvalue weighted by Gasteiger charge is 2.43. The molecule has 1 spiro atoms. The summed E-state index contributed by atoms with van der Waals surface area (Å²) in [5.74, 6) is -0.583. The van der Waals surface area contributed by atoms with Gasteiger partial charge in [-0.15, -0.1) is 0 Å². The lowest BCUT2D eigenvalue weighted by molar-refractivity contribution is 0.0103. The molecule has 1 atom stereocenters. The number of carbonyl (C=O) groups excluding carboxylic acids is 1. The summed E-state index contributed by atoms with van der Waals surface area (Å²) in [6.07, 6.45) is 5.73. The fourth-order valence-electron chi connectivity index (χ4n) is 7.23. The van der Waals surface area contributed by atoms with E-state index >= 15 is 4.39 Å². The Bertz CT molecular complexity index is 2120. The van der Waals surface area contributed by atoms with Gasteiger partial charge in [-0.2, -0.15) is 0 Å². The lowest BCUT2D eigenvalue weighted by Crippen LogP contribution is -2.44. The molecule has 10 heteroatoms. The van der Waals surface area contributed by atoms with Crippen LogP contribution in [0, 0.1) is 11.2 Å². The topological polar surface area (TPSA) is 86.0 Å². The van der Waals surface area contributed by atoms with Crippen molar-refractivity contribution in [2.24, 2.45) is 10.4 Å². The molecular weight excluding hydrogens is 667 g/mol. The second-order valence-corrected chi connectivity index (χ2v) is 14.9. The van der Waals surface area contributed by atoms with E-state index in [0.29, 0.717) is 35.4 Å². The van der Waals surface area contributed by atoms with E-state index in [1.807, 2.05) is 81.4 Å². The monoisotopic (exact) mass is 706 g/mol. The van der Waals surface area contributed by atoms with Crippen LogP contribution in [-0.2, 0) is 4.74 Å². The Labute approximate surface area is 301 Å². The number of benzene rings is 4. The number of hydrogen-bond donors (Lipinski definition) is 0. The van der Waals surface area contributed by atoms with Crippen molar-refractivity contribution < 1.29 is 18.7 Å². The molecule has 1 amide bonds. The van der Waals surface area contributed by atoms with E-state index in [1.54, 1.807) is 34.0 Å². The number of fused-ring (bicyclic) bond motifs is 1. The van der Waals surface area contributed by atoms with Crippen LogP contribution in [0.4, 0.5) is 14.9 Å². The fourth-order valence-corrected chi connectivity index (χ4v) is 7.46. The van der Waals surface area contributed by atoms with E-state index in [0.717, 1.165) is 43.2 Å². The molecule has 0 radical (unpaired) electrons. The third kappa shape index (κ3) is 7.40. The van der Waals surface area contributed by atoms with Crippen LogP contribution < -0.4 is 10.3 Å². The molecule has 0 N–H and O–H groups in total. The number of aliphatic imine (C=N–C) groups is 1. The molecule has 2 fully saturated rings. The zero-order valence-corrected chi connectivity index (χ0v) is 29.7. The summed E-state index contributed by atoms with van der Waals surface area (Å²) >= 11 is 6.79. The van der Waals surface area contributed by atoms with Crippen LogP contribution in [0.15, 0.2) is 107 Å². The first-order chi connectivity index (χ1) is 24.5. The number of halogens is 2. The molecule has 1 aliphatic heterocycles. The summed E-state index contributed by atoms with van der Waals surface area (Å²) < 4.78 is 28.7. The van der Waals surface area contributed by atoms with Crippen molar-refractivity contribution in [1.29, 1.82) is 0 Å². The number of nitrogens with zero attached hydrogens (tertiary/aromatic N) is 4. The molecule has 51 heavy (non-hydrogen) atoms. The lowest BCUT2D eigenvalue weighted by atomic mass is 9.77. The van der Waals surface area contributed by atoms with Crippen molar-refractivity contribution in [3.05, 3.63) is 130 Å². The highest BCUT2D eigenvalue weighted by Crippen LogP contribution is 2.50. The van der Waals surface area contributed by atoms with Crippen molar-refractivity contribution in [2.45, 2.75) is 64.5 Å². The maximum Gasteiger partial charge on any atom is 0.410 e. The second kappa shape index (κ2) is 13.9. The van der Waals surface area contributed by atoms with Gasteiger partial charge in [-0.1, -0.05) is 72.3 Å². The van der Waals surface area contributed by atoms with Crippen LogP contribution in [0.3, 0.4) is 0 Å². The molecule has 262 valence electrons. The standard InChI is InChI=1S/C41H40ClFN4O4/c1-40(2,3)51-39(49)46-22-20-41(21-23-46)19-18-29(25-41)47-26-44-33-16-14-30(24-31(33)38(47)48)50-37-32(43)15-17-34(35(37)42)45-36(27-10-6-4-7-11-27)28-12-8-5-9-13-28/h4-17,24,26,29H,18-23,25H2,1-3H3/t29-/m0/s1. The van der Waals surface area contributed by atoms with E-state index < -0.39 is 11.4 Å². The predicted molar refractivity (Wildman–Crippen MR) is 198 cm³/mol. The van der Waals surface area contributed by atoms with E-state index in [9.17, 15) is 9.59 Å². The first-order valence-electron chi connectivity index (χ1n) is 17.3. The highest BCUT2D eigenvalue weighted by atomic mass is 35.5. The molecule has 1 saturated carbocycles. The first kappa shape index (κ1) is 34.4. The largest absolute Gasteiger partial charge is 0.453 e. The van der Waals surface area contributed by atoms with E-state index in [2.05, 4.69) is 4.98 Å². The zero-order chi connectivity index (χ0) is 35.8. The average Bonchev–Trinajstić information content (AvgIpc) is 3.53. The molecule has 2 heterocycles. The van der Waals surface area contributed by atoms with Crippen molar-refractivity contribution in [3.63, 3.8) is 0 Å². The maximum absolute atomic E-state index is 15.3. The number of carbonyl (C=O) groups is 1. The van der Waals surface area contributed by atoms with Crippen molar-refractivity contribution in [2.75, 3.05) is 13.1 Å². The fraction of sp³-hybridized carbons (Fsp3) is 0.317. The summed E-state index contributed by atoms with van der Waals surface area (Å²) in [5, 5.41) is 0.383. The van der Waals surface area contributed by atoms with Gasteiger partial charge in [-0.25, -0.2) is 19.2 Å². The van der Waals surface area contributed by atoms with E-state index in [1.165, 1.54) is 12.1 Å². The van der Waals surface area contributed by atoms with Gasteiger partial charge in [0.2, 0.25) is 0 Å². The van der Waals surface area contributed by atoms with Gasteiger partial charge in [0, 0.05) is 30.3 Å². The summed E-state index contributed by atoms with van der Waals surface area (Å²) in [6.45, 7) is 6.89. The van der Waals surface area contributed by atoms with Gasteiger partial charge in [-0.3, -0.25) is 9.36 Å². The Morgan fingerprint density at radius 2 is 1.61 bits per heavy atom. The van der Waals surface area contributed by atoms with Crippen LogP contribution in [0.2, 0.25) is 5.02 Å². The summed E-state index contributed by atoms with van der Waals surface area (Å²) in [4.78, 5) is 37.8. The van der Waals surface area contributed by atoms with E-state index in [4.69, 9.17) is 26.1 Å². The Morgan fingerprint density at radius 1 is 0.941 bits per heavy atom. The summed E-state index contributed by atoms with van der Waals surface area (Å²) in [6, 6.07) is 27.1. The van der Waals surface area contributed by atoms with Crippen molar-refractivity contribution >= 4 is 40.0 Å². The number of ether oxygens (including phenoxy) is 2. The minimum atomic E-state index is -0.655. The zero-order valence-electron chi connectivity index (χ0n) is 28.9. The van der Waals surface area contributed by atoms with Crippen LogP contribution in [0.5, 0.6) is 11.5 Å². The van der Waals surface area contributed by atoms with Gasteiger partial charge < -0.3 is 14.4 Å². The van der Waals surface area contributed by atoms with Crippen LogP contribution in [0.25, 0.3) is 10.9 Å². The molecular formula is C41H40ClFN4O4. The molecule has 1 aromatic heterocycles. The number of likely N-dealkylation sites (tertiary alicyclic amines) is 1. The minimum Gasteiger partial charge on any atom is -0.453 e. The summed E-state index contributed by atoms with van der Waals surface area (Å²) in [5.41, 5.74) is 2.64. The molecule has 1 aliphatic carbocycles. The van der Waals surface area contributed by atoms with Crippen LogP contribution >= 0.6 is 11.6 Å². The predicted octanol–water partition coefficient (Wildman–Crippen LogP) is 9.89.